The average Bonchev–Trinajstić information content (AvgIpc) is 2.77. The Labute approximate surface area is 185 Å². The molecule has 0 spiro atoms. The molecule has 1 aliphatic rings. The lowest BCUT2D eigenvalue weighted by Crippen LogP contribution is -2.48. The van der Waals surface area contributed by atoms with Crippen LogP contribution in [0.4, 0.5) is 5.69 Å². The van der Waals surface area contributed by atoms with E-state index in [1.54, 1.807) is 32.4 Å². The van der Waals surface area contributed by atoms with Gasteiger partial charge in [0.05, 0.1) is 32.1 Å². The van der Waals surface area contributed by atoms with Crippen LogP contribution in [-0.2, 0) is 14.3 Å². The van der Waals surface area contributed by atoms with Crippen molar-refractivity contribution in [3.8, 4) is 11.5 Å². The number of nitrogens with one attached hydrogen (secondary N) is 2. The first-order chi connectivity index (χ1) is 14.8. The Kier molecular flexibility index (Phi) is 10.1. The summed E-state index contributed by atoms with van der Waals surface area (Å²) < 4.78 is 16.1. The van der Waals surface area contributed by atoms with Crippen LogP contribution >= 0.6 is 0 Å². The summed E-state index contributed by atoms with van der Waals surface area (Å²) in [5, 5.41) is 5.94. The normalized spacial score (nSPS) is 16.1. The SMILES string of the molecule is COc1ccc(OC)c(NC(=O)C(C)N2CCC(C(=O)NCCCOC(C)C)CC2)c1. The Morgan fingerprint density at radius 2 is 1.84 bits per heavy atom. The molecule has 0 aromatic heterocycles. The highest BCUT2D eigenvalue weighted by atomic mass is 16.5. The van der Waals surface area contributed by atoms with Crippen molar-refractivity contribution >= 4 is 17.5 Å². The molecule has 174 valence electrons. The zero-order valence-electron chi connectivity index (χ0n) is 19.4. The molecular formula is C23H37N3O5. The molecule has 1 aromatic carbocycles. The highest BCUT2D eigenvalue weighted by Gasteiger charge is 2.30. The second kappa shape index (κ2) is 12.5. The highest BCUT2D eigenvalue weighted by molar-refractivity contribution is 5.96. The van der Waals surface area contributed by atoms with Gasteiger partial charge in [0, 0.05) is 25.1 Å². The Balaban J connectivity index is 1.79. The molecule has 0 saturated carbocycles. The first-order valence-electron chi connectivity index (χ1n) is 11.0. The molecule has 1 saturated heterocycles. The molecule has 8 heteroatoms. The number of nitrogens with zero attached hydrogens (tertiary/aromatic N) is 1. The van der Waals surface area contributed by atoms with E-state index in [4.69, 9.17) is 14.2 Å². The van der Waals surface area contributed by atoms with Crippen molar-refractivity contribution in [1.82, 2.24) is 10.2 Å². The van der Waals surface area contributed by atoms with Gasteiger partial charge in [0.15, 0.2) is 0 Å². The molecular weight excluding hydrogens is 398 g/mol. The lowest BCUT2D eigenvalue weighted by molar-refractivity contribution is -0.127. The van der Waals surface area contributed by atoms with E-state index >= 15 is 0 Å². The molecule has 2 N–H and O–H groups in total. The minimum absolute atomic E-state index is 0.00370. The maximum atomic E-state index is 12.8. The minimum Gasteiger partial charge on any atom is -0.497 e. The molecule has 0 aliphatic carbocycles. The van der Waals surface area contributed by atoms with E-state index in [0.717, 1.165) is 19.3 Å². The van der Waals surface area contributed by atoms with Crippen molar-refractivity contribution in [2.45, 2.75) is 52.2 Å². The van der Waals surface area contributed by atoms with Crippen LogP contribution in [0.3, 0.4) is 0 Å². The van der Waals surface area contributed by atoms with E-state index in [0.29, 0.717) is 43.4 Å². The molecule has 2 amide bonds. The summed E-state index contributed by atoms with van der Waals surface area (Å²) in [6, 6.07) is 4.98. The molecule has 1 unspecified atom stereocenters. The zero-order chi connectivity index (χ0) is 22.8. The van der Waals surface area contributed by atoms with Crippen LogP contribution in [-0.4, -0.2) is 69.3 Å². The fourth-order valence-corrected chi connectivity index (χ4v) is 3.61. The average molecular weight is 436 g/mol. The topological polar surface area (TPSA) is 89.1 Å². The van der Waals surface area contributed by atoms with Crippen molar-refractivity contribution in [2.75, 3.05) is 45.8 Å². The third-order valence-electron chi connectivity index (χ3n) is 5.56. The summed E-state index contributed by atoms with van der Waals surface area (Å²) in [4.78, 5) is 27.3. The molecule has 0 bridgehead atoms. The lowest BCUT2D eigenvalue weighted by atomic mass is 9.95. The van der Waals surface area contributed by atoms with Crippen LogP contribution < -0.4 is 20.1 Å². The van der Waals surface area contributed by atoms with Crippen LogP contribution in [0.25, 0.3) is 0 Å². The summed E-state index contributed by atoms with van der Waals surface area (Å²) in [6.07, 6.45) is 2.51. The number of piperidine rings is 1. The van der Waals surface area contributed by atoms with Crippen LogP contribution in [0.2, 0.25) is 0 Å². The van der Waals surface area contributed by atoms with Crippen molar-refractivity contribution in [3.63, 3.8) is 0 Å². The number of methoxy groups -OCH3 is 2. The minimum atomic E-state index is -0.312. The van der Waals surface area contributed by atoms with Crippen LogP contribution in [0.15, 0.2) is 18.2 Å². The van der Waals surface area contributed by atoms with E-state index in [-0.39, 0.29) is 29.9 Å². The fourth-order valence-electron chi connectivity index (χ4n) is 3.61. The zero-order valence-corrected chi connectivity index (χ0v) is 19.4. The molecule has 1 aromatic rings. The van der Waals surface area contributed by atoms with Gasteiger partial charge in [-0.1, -0.05) is 0 Å². The standard InChI is InChI=1S/C23H37N3O5/c1-16(2)31-14-6-11-24-23(28)18-9-12-26(13-10-18)17(3)22(27)25-20-15-19(29-4)7-8-21(20)30-5/h7-8,15-18H,6,9-14H2,1-5H3,(H,24,28)(H,25,27). The Morgan fingerprint density at radius 3 is 2.45 bits per heavy atom. The van der Waals surface area contributed by atoms with Crippen molar-refractivity contribution in [3.05, 3.63) is 18.2 Å². The molecule has 2 rings (SSSR count). The molecule has 0 radical (unpaired) electrons. The molecule has 1 fully saturated rings. The largest absolute Gasteiger partial charge is 0.497 e. The van der Waals surface area contributed by atoms with Gasteiger partial charge in [0.25, 0.3) is 0 Å². The number of rotatable bonds is 11. The third-order valence-corrected chi connectivity index (χ3v) is 5.56. The molecule has 31 heavy (non-hydrogen) atoms. The molecule has 8 nitrogen and oxygen atoms in total. The smallest absolute Gasteiger partial charge is 0.241 e. The predicted octanol–water partition coefficient (Wildman–Crippen LogP) is 2.67. The Morgan fingerprint density at radius 1 is 1.13 bits per heavy atom. The third kappa shape index (κ3) is 7.70. The summed E-state index contributed by atoms with van der Waals surface area (Å²) in [5.74, 6) is 1.21. The number of benzene rings is 1. The summed E-state index contributed by atoms with van der Waals surface area (Å²) in [6.45, 7) is 8.59. The summed E-state index contributed by atoms with van der Waals surface area (Å²) >= 11 is 0. The van der Waals surface area contributed by atoms with Gasteiger partial charge in [-0.3, -0.25) is 14.5 Å². The van der Waals surface area contributed by atoms with Gasteiger partial charge in [-0.05, 0) is 65.3 Å². The molecule has 1 heterocycles. The highest BCUT2D eigenvalue weighted by Crippen LogP contribution is 2.29. The lowest BCUT2D eigenvalue weighted by Gasteiger charge is -2.34. The summed E-state index contributed by atoms with van der Waals surface area (Å²) in [5.41, 5.74) is 0.578. The molecule has 1 aliphatic heterocycles. The Hall–Kier alpha value is -2.32. The van der Waals surface area contributed by atoms with Gasteiger partial charge in [0.1, 0.15) is 11.5 Å². The van der Waals surface area contributed by atoms with Crippen molar-refractivity contribution in [1.29, 1.82) is 0 Å². The number of likely N-dealkylation sites (tertiary alicyclic amines) is 1. The monoisotopic (exact) mass is 435 g/mol. The van der Waals surface area contributed by atoms with Gasteiger partial charge < -0.3 is 24.8 Å². The van der Waals surface area contributed by atoms with E-state index in [1.807, 2.05) is 20.8 Å². The van der Waals surface area contributed by atoms with Gasteiger partial charge in [0.2, 0.25) is 11.8 Å². The first kappa shape index (κ1) is 24.9. The summed E-state index contributed by atoms with van der Waals surface area (Å²) in [7, 11) is 3.14. The maximum Gasteiger partial charge on any atom is 0.241 e. The quantitative estimate of drug-likeness (QED) is 0.520. The second-order valence-electron chi connectivity index (χ2n) is 8.11. The Bertz CT molecular complexity index is 717. The predicted molar refractivity (Wildman–Crippen MR) is 121 cm³/mol. The van der Waals surface area contributed by atoms with E-state index < -0.39 is 0 Å². The maximum absolute atomic E-state index is 12.8. The first-order valence-corrected chi connectivity index (χ1v) is 11.0. The van der Waals surface area contributed by atoms with E-state index in [9.17, 15) is 9.59 Å². The number of carbonyl (C=O) groups is 2. The fraction of sp³-hybridized carbons (Fsp3) is 0.652. The number of hydrogen-bond donors (Lipinski definition) is 2. The van der Waals surface area contributed by atoms with Gasteiger partial charge in [-0.15, -0.1) is 0 Å². The van der Waals surface area contributed by atoms with Crippen LogP contribution in [0.5, 0.6) is 11.5 Å². The molecule has 1 atom stereocenters. The van der Waals surface area contributed by atoms with Gasteiger partial charge in [-0.25, -0.2) is 0 Å². The number of amides is 2. The van der Waals surface area contributed by atoms with Crippen LogP contribution in [0.1, 0.15) is 40.0 Å². The van der Waals surface area contributed by atoms with Crippen molar-refractivity contribution < 1.29 is 23.8 Å². The van der Waals surface area contributed by atoms with Crippen molar-refractivity contribution in [2.24, 2.45) is 5.92 Å². The van der Waals surface area contributed by atoms with Gasteiger partial charge >= 0.3 is 0 Å². The number of anilines is 1. The van der Waals surface area contributed by atoms with Gasteiger partial charge in [-0.2, -0.15) is 0 Å². The second-order valence-corrected chi connectivity index (χ2v) is 8.11. The van der Waals surface area contributed by atoms with E-state index in [2.05, 4.69) is 15.5 Å². The number of carbonyl (C=O) groups excluding carboxylic acids is 2. The van der Waals surface area contributed by atoms with Crippen LogP contribution in [0, 0.1) is 5.92 Å². The number of ether oxygens (including phenoxy) is 3. The van der Waals surface area contributed by atoms with E-state index in [1.165, 1.54) is 0 Å². The number of hydrogen-bond acceptors (Lipinski definition) is 6.